The van der Waals surface area contributed by atoms with E-state index >= 15 is 0 Å². The van der Waals surface area contributed by atoms with Crippen LogP contribution in [0.4, 0.5) is 0 Å². The Bertz CT molecular complexity index is 754. The number of ether oxygens (including phenoxy) is 4. The van der Waals surface area contributed by atoms with Gasteiger partial charge in [0.05, 0.1) is 34.5 Å². The van der Waals surface area contributed by atoms with Crippen LogP contribution in [-0.2, 0) is 6.42 Å². The summed E-state index contributed by atoms with van der Waals surface area (Å²) < 4.78 is 21.9. The normalized spacial score (nSPS) is 15.8. The molecule has 5 nitrogen and oxygen atoms in total. The zero-order valence-electron chi connectivity index (χ0n) is 14.4. The molecule has 24 heavy (non-hydrogen) atoms. The van der Waals surface area contributed by atoms with E-state index in [4.69, 9.17) is 18.9 Å². The van der Waals surface area contributed by atoms with E-state index in [9.17, 15) is 5.11 Å². The van der Waals surface area contributed by atoms with Crippen LogP contribution in [0.15, 0.2) is 24.3 Å². The number of rotatable bonds is 4. The molecule has 0 saturated carbocycles. The third-order valence-corrected chi connectivity index (χ3v) is 4.49. The summed E-state index contributed by atoms with van der Waals surface area (Å²) in [6.45, 7) is 0. The van der Waals surface area contributed by atoms with Crippen LogP contribution >= 0.6 is 0 Å². The minimum absolute atomic E-state index is 0.553. The molecule has 2 aromatic rings. The van der Waals surface area contributed by atoms with Crippen LogP contribution < -0.4 is 18.9 Å². The minimum atomic E-state index is -0.566. The summed E-state index contributed by atoms with van der Waals surface area (Å²) in [7, 11) is 6.43. The molecule has 1 aliphatic carbocycles. The molecule has 3 rings (SSSR count). The number of benzene rings is 2. The lowest BCUT2D eigenvalue weighted by atomic mass is 9.94. The highest BCUT2D eigenvalue weighted by Crippen LogP contribution is 2.50. The van der Waals surface area contributed by atoms with E-state index in [0.29, 0.717) is 30.1 Å². The zero-order valence-corrected chi connectivity index (χ0v) is 14.4. The van der Waals surface area contributed by atoms with Crippen molar-refractivity contribution in [3.05, 3.63) is 35.4 Å². The molecule has 128 valence electrons. The number of aliphatic hydroxyl groups is 1. The maximum Gasteiger partial charge on any atom is 0.203 e. The number of aryl methyl sites for hydroxylation is 1. The van der Waals surface area contributed by atoms with Gasteiger partial charge in [-0.1, -0.05) is 6.07 Å². The van der Waals surface area contributed by atoms with Gasteiger partial charge >= 0.3 is 0 Å². The van der Waals surface area contributed by atoms with Gasteiger partial charge in [0, 0.05) is 5.56 Å². The average molecular weight is 330 g/mol. The Kier molecular flexibility index (Phi) is 4.53. The summed E-state index contributed by atoms with van der Waals surface area (Å²) >= 11 is 0. The van der Waals surface area contributed by atoms with Crippen LogP contribution in [0.25, 0.3) is 11.1 Å². The summed E-state index contributed by atoms with van der Waals surface area (Å²) in [5, 5.41) is 10.6. The highest BCUT2D eigenvalue weighted by Gasteiger charge is 2.28. The number of hydrogen-bond acceptors (Lipinski definition) is 5. The molecule has 1 atom stereocenters. The van der Waals surface area contributed by atoms with Gasteiger partial charge in [0.15, 0.2) is 11.5 Å². The summed E-state index contributed by atoms with van der Waals surface area (Å²) in [6.07, 6.45) is 0.764. The number of aliphatic hydroxyl groups excluding tert-OH is 1. The van der Waals surface area contributed by atoms with Crippen molar-refractivity contribution >= 4 is 0 Å². The summed E-state index contributed by atoms with van der Waals surface area (Å²) in [4.78, 5) is 0. The fourth-order valence-electron chi connectivity index (χ4n) is 3.32. The van der Waals surface area contributed by atoms with Crippen LogP contribution in [0.3, 0.4) is 0 Å². The molecule has 0 spiro atoms. The monoisotopic (exact) mass is 330 g/mol. The summed E-state index contributed by atoms with van der Waals surface area (Å²) in [5.41, 5.74) is 3.75. The molecule has 0 unspecified atom stereocenters. The van der Waals surface area contributed by atoms with E-state index in [1.54, 1.807) is 28.4 Å². The van der Waals surface area contributed by atoms with Crippen molar-refractivity contribution in [2.24, 2.45) is 0 Å². The van der Waals surface area contributed by atoms with Crippen molar-refractivity contribution < 1.29 is 24.1 Å². The van der Waals surface area contributed by atoms with Crippen molar-refractivity contribution in [3.63, 3.8) is 0 Å². The van der Waals surface area contributed by atoms with Crippen molar-refractivity contribution in [3.8, 4) is 34.1 Å². The second kappa shape index (κ2) is 6.61. The van der Waals surface area contributed by atoms with E-state index in [1.807, 2.05) is 24.3 Å². The van der Waals surface area contributed by atoms with E-state index in [-0.39, 0.29) is 0 Å². The van der Waals surface area contributed by atoms with Gasteiger partial charge in [-0.15, -0.1) is 0 Å². The number of hydrogen-bond donors (Lipinski definition) is 1. The third kappa shape index (κ3) is 2.55. The molecule has 1 N–H and O–H groups in total. The van der Waals surface area contributed by atoms with Crippen molar-refractivity contribution in [1.82, 2.24) is 0 Å². The van der Waals surface area contributed by atoms with Gasteiger partial charge in [0.25, 0.3) is 0 Å². The quantitative estimate of drug-likeness (QED) is 0.931. The smallest absolute Gasteiger partial charge is 0.203 e. The maximum absolute atomic E-state index is 10.6. The SMILES string of the molecule is COc1ccc2c(c1)[C@H](O)CCc1cc(OC)c(OC)c(OC)c1-2. The Morgan fingerprint density at radius 1 is 0.917 bits per heavy atom. The van der Waals surface area contributed by atoms with Crippen LogP contribution in [0.1, 0.15) is 23.7 Å². The molecule has 5 heteroatoms. The van der Waals surface area contributed by atoms with Crippen molar-refractivity contribution in [2.75, 3.05) is 28.4 Å². The van der Waals surface area contributed by atoms with E-state index in [2.05, 4.69) is 0 Å². The van der Waals surface area contributed by atoms with Crippen molar-refractivity contribution in [2.45, 2.75) is 18.9 Å². The van der Waals surface area contributed by atoms with Crippen LogP contribution in [0.2, 0.25) is 0 Å². The molecular weight excluding hydrogens is 308 g/mol. The third-order valence-electron chi connectivity index (χ3n) is 4.49. The molecule has 0 radical (unpaired) electrons. The largest absolute Gasteiger partial charge is 0.497 e. The molecule has 0 aromatic heterocycles. The van der Waals surface area contributed by atoms with Crippen LogP contribution in [0.5, 0.6) is 23.0 Å². The first kappa shape index (κ1) is 16.5. The number of methoxy groups -OCH3 is 4. The lowest BCUT2D eigenvalue weighted by Gasteiger charge is -2.20. The standard InChI is InChI=1S/C19H22O5/c1-21-12-6-7-13-14(10-12)15(20)8-5-11-9-16(22-2)18(23-3)19(24-4)17(11)13/h6-7,9-10,15,20H,5,8H2,1-4H3/t15-/m1/s1. The van der Waals surface area contributed by atoms with Gasteiger partial charge in [-0.3, -0.25) is 0 Å². The van der Waals surface area contributed by atoms with E-state index in [0.717, 1.165) is 28.0 Å². The van der Waals surface area contributed by atoms with Gasteiger partial charge in [-0.25, -0.2) is 0 Å². The molecule has 1 aliphatic rings. The Labute approximate surface area is 141 Å². The molecule has 2 aromatic carbocycles. The van der Waals surface area contributed by atoms with E-state index < -0.39 is 6.10 Å². The maximum atomic E-state index is 10.6. The first-order valence-corrected chi connectivity index (χ1v) is 7.82. The Morgan fingerprint density at radius 3 is 2.29 bits per heavy atom. The average Bonchev–Trinajstić information content (AvgIpc) is 2.76. The lowest BCUT2D eigenvalue weighted by Crippen LogP contribution is -2.01. The lowest BCUT2D eigenvalue weighted by molar-refractivity contribution is 0.169. The summed E-state index contributed by atoms with van der Waals surface area (Å²) in [6, 6.07) is 7.68. The highest BCUT2D eigenvalue weighted by molar-refractivity contribution is 5.83. The molecule has 0 bridgehead atoms. The van der Waals surface area contributed by atoms with Crippen molar-refractivity contribution in [1.29, 1.82) is 0 Å². The van der Waals surface area contributed by atoms with Crippen LogP contribution in [-0.4, -0.2) is 33.5 Å². The molecule has 0 saturated heterocycles. The van der Waals surface area contributed by atoms with Gasteiger partial charge in [0.1, 0.15) is 5.75 Å². The second-order valence-electron chi connectivity index (χ2n) is 5.69. The minimum Gasteiger partial charge on any atom is -0.497 e. The molecule has 0 amide bonds. The first-order chi connectivity index (χ1) is 11.6. The highest BCUT2D eigenvalue weighted by atomic mass is 16.5. The predicted octanol–water partition coefficient (Wildman–Crippen LogP) is 3.37. The fraction of sp³-hybridized carbons (Fsp3) is 0.368. The zero-order chi connectivity index (χ0) is 17.3. The molecule has 0 heterocycles. The first-order valence-electron chi connectivity index (χ1n) is 7.82. The summed E-state index contributed by atoms with van der Waals surface area (Å²) in [5.74, 6) is 2.51. The van der Waals surface area contributed by atoms with Gasteiger partial charge in [-0.2, -0.15) is 0 Å². The van der Waals surface area contributed by atoms with Gasteiger partial charge in [-0.05, 0) is 47.7 Å². The fourth-order valence-corrected chi connectivity index (χ4v) is 3.32. The second-order valence-corrected chi connectivity index (χ2v) is 5.69. The van der Waals surface area contributed by atoms with Gasteiger partial charge < -0.3 is 24.1 Å². The van der Waals surface area contributed by atoms with Gasteiger partial charge in [0.2, 0.25) is 5.75 Å². The Hall–Kier alpha value is -2.40. The predicted molar refractivity (Wildman–Crippen MR) is 91.4 cm³/mol. The molecular formula is C19H22O5. The molecule has 0 fully saturated rings. The topological polar surface area (TPSA) is 57.2 Å². The number of fused-ring (bicyclic) bond motifs is 3. The Morgan fingerprint density at radius 2 is 1.67 bits per heavy atom. The molecule has 0 aliphatic heterocycles. The van der Waals surface area contributed by atoms with Crippen LogP contribution in [0, 0.1) is 0 Å². The van der Waals surface area contributed by atoms with E-state index in [1.165, 1.54) is 0 Å². The Balaban J connectivity index is 2.34.